The summed E-state index contributed by atoms with van der Waals surface area (Å²) in [4.78, 5) is 17.3. The molecule has 13 heteroatoms. The summed E-state index contributed by atoms with van der Waals surface area (Å²) in [6.07, 6.45) is -0.211. The predicted octanol–water partition coefficient (Wildman–Crippen LogP) is 4.62. The number of alkyl halides is 3. The number of carbonyl (C=O) groups is 1. The number of hydrogen-bond donors (Lipinski definition) is 3. The number of rotatable bonds is 5. The van der Waals surface area contributed by atoms with Crippen LogP contribution in [0, 0.1) is 6.92 Å². The molecule has 3 aromatic rings. The van der Waals surface area contributed by atoms with Crippen molar-refractivity contribution in [3.05, 3.63) is 76.2 Å². The van der Waals surface area contributed by atoms with Gasteiger partial charge in [-0.1, -0.05) is 11.6 Å². The molecule has 1 amide bonds. The number of halogens is 4. The standard InChI is InChI=1S/C27H30ClF3N8O/c1-17-22(15-32-37(17)3)24-16-39(35-34-24)25-11-18(5-6-23(25)28)26(40)33-20-12-19(27(29,30)31)13-21(14-20)38-8-4-7-36(2)9-10-38/h5-6,11-16,34-35H,4,7-10H2,1-3H3,(H,33,40). The van der Waals surface area contributed by atoms with Gasteiger partial charge in [0.05, 0.1) is 28.2 Å². The molecule has 0 saturated carbocycles. The largest absolute Gasteiger partial charge is 0.416 e. The zero-order valence-corrected chi connectivity index (χ0v) is 23.1. The van der Waals surface area contributed by atoms with Gasteiger partial charge in [0.25, 0.3) is 5.91 Å². The molecule has 1 saturated heterocycles. The quantitative estimate of drug-likeness (QED) is 0.410. The number of benzene rings is 2. The van der Waals surface area contributed by atoms with Gasteiger partial charge < -0.3 is 20.5 Å². The lowest BCUT2D eigenvalue weighted by atomic mass is 10.1. The summed E-state index contributed by atoms with van der Waals surface area (Å²) in [7, 11) is 3.84. The minimum atomic E-state index is -4.56. The van der Waals surface area contributed by atoms with E-state index in [1.165, 1.54) is 6.07 Å². The van der Waals surface area contributed by atoms with Gasteiger partial charge in [-0.25, -0.2) is 0 Å². The highest BCUT2D eigenvalue weighted by molar-refractivity contribution is 6.33. The molecule has 0 unspecified atom stereocenters. The van der Waals surface area contributed by atoms with Crippen molar-refractivity contribution in [3.63, 3.8) is 0 Å². The fourth-order valence-corrected chi connectivity index (χ4v) is 4.93. The maximum Gasteiger partial charge on any atom is 0.416 e. The SMILES string of the molecule is Cc1c(C2=CN(c3cc(C(=O)Nc4cc(N5CCCN(C)CC5)cc(C(F)(F)F)c4)ccc3Cl)NN2)cnn1C. The Morgan fingerprint density at radius 1 is 1.07 bits per heavy atom. The number of anilines is 3. The molecule has 1 fully saturated rings. The number of carbonyl (C=O) groups excluding carboxylic acids is 1. The summed E-state index contributed by atoms with van der Waals surface area (Å²) >= 11 is 6.45. The monoisotopic (exact) mass is 574 g/mol. The molecule has 0 aliphatic carbocycles. The normalized spacial score (nSPS) is 16.5. The van der Waals surface area contributed by atoms with Gasteiger partial charge in [0, 0.05) is 61.1 Å². The Morgan fingerprint density at radius 2 is 1.88 bits per heavy atom. The fraction of sp³-hybridized carbons (Fsp3) is 0.333. The van der Waals surface area contributed by atoms with E-state index in [0.717, 1.165) is 48.6 Å². The molecule has 2 aliphatic heterocycles. The second kappa shape index (κ2) is 11.0. The van der Waals surface area contributed by atoms with Gasteiger partial charge in [-0.2, -0.15) is 18.3 Å². The summed E-state index contributed by atoms with van der Waals surface area (Å²) in [6, 6.07) is 8.36. The Hall–Kier alpha value is -3.74. The van der Waals surface area contributed by atoms with Crippen molar-refractivity contribution in [2.24, 2.45) is 7.05 Å². The van der Waals surface area contributed by atoms with E-state index in [4.69, 9.17) is 11.6 Å². The Morgan fingerprint density at radius 3 is 2.60 bits per heavy atom. The second-order valence-electron chi connectivity index (χ2n) is 9.95. The summed E-state index contributed by atoms with van der Waals surface area (Å²) in [5, 5.41) is 8.91. The zero-order valence-electron chi connectivity index (χ0n) is 22.3. The molecule has 0 atom stereocenters. The first kappa shape index (κ1) is 27.8. The summed E-state index contributed by atoms with van der Waals surface area (Å²) in [5.74, 6) is -0.557. The van der Waals surface area contributed by atoms with Crippen molar-refractivity contribution in [2.45, 2.75) is 19.5 Å². The topological polar surface area (TPSA) is 80.7 Å². The van der Waals surface area contributed by atoms with Crippen LogP contribution in [0.2, 0.25) is 5.02 Å². The third kappa shape index (κ3) is 5.88. The molecular weight excluding hydrogens is 545 g/mol. The maximum absolute atomic E-state index is 13.8. The van der Waals surface area contributed by atoms with E-state index in [2.05, 4.69) is 26.3 Å². The minimum absolute atomic E-state index is 0.0686. The van der Waals surface area contributed by atoms with Crippen LogP contribution in [-0.4, -0.2) is 53.8 Å². The molecule has 9 nitrogen and oxygen atoms in total. The number of aryl methyl sites for hydroxylation is 1. The summed E-state index contributed by atoms with van der Waals surface area (Å²) < 4.78 is 43.1. The lowest BCUT2D eigenvalue weighted by molar-refractivity contribution is -0.137. The lowest BCUT2D eigenvalue weighted by Gasteiger charge is -2.25. The van der Waals surface area contributed by atoms with Crippen molar-refractivity contribution < 1.29 is 18.0 Å². The minimum Gasteiger partial charge on any atom is -0.370 e. The first-order chi connectivity index (χ1) is 19.0. The van der Waals surface area contributed by atoms with E-state index in [1.54, 1.807) is 40.3 Å². The third-order valence-electron chi connectivity index (χ3n) is 7.15. The molecule has 212 valence electrons. The molecule has 0 bridgehead atoms. The third-order valence-corrected chi connectivity index (χ3v) is 7.47. The van der Waals surface area contributed by atoms with Gasteiger partial charge in [0.2, 0.25) is 0 Å². The van der Waals surface area contributed by atoms with E-state index in [9.17, 15) is 18.0 Å². The highest BCUT2D eigenvalue weighted by Gasteiger charge is 2.32. The van der Waals surface area contributed by atoms with Gasteiger partial charge in [-0.3, -0.25) is 14.5 Å². The van der Waals surface area contributed by atoms with E-state index in [1.807, 2.05) is 25.9 Å². The number of amides is 1. The Labute approximate surface area is 235 Å². The van der Waals surface area contributed by atoms with Crippen molar-refractivity contribution >= 4 is 40.3 Å². The predicted molar refractivity (Wildman–Crippen MR) is 150 cm³/mol. The van der Waals surface area contributed by atoms with Gasteiger partial charge >= 0.3 is 6.18 Å². The highest BCUT2D eigenvalue weighted by Crippen LogP contribution is 2.35. The molecule has 2 aromatic carbocycles. The van der Waals surface area contributed by atoms with Crippen molar-refractivity contribution in [1.82, 2.24) is 25.6 Å². The van der Waals surface area contributed by atoms with Crippen LogP contribution >= 0.6 is 11.6 Å². The number of aromatic nitrogens is 2. The van der Waals surface area contributed by atoms with E-state index in [-0.39, 0.29) is 11.3 Å². The smallest absolute Gasteiger partial charge is 0.370 e. The number of nitrogens with one attached hydrogen (secondary N) is 3. The molecule has 3 N–H and O–H groups in total. The second-order valence-corrected chi connectivity index (χ2v) is 10.4. The Balaban J connectivity index is 1.40. The van der Waals surface area contributed by atoms with Crippen LogP contribution in [0.1, 0.15) is 33.6 Å². The van der Waals surface area contributed by atoms with Crippen molar-refractivity contribution in [1.29, 1.82) is 0 Å². The maximum atomic E-state index is 13.8. The van der Waals surface area contributed by atoms with Gasteiger partial charge in [-0.05, 0) is 63.3 Å². The average Bonchev–Trinajstić information content (AvgIpc) is 3.44. The number of hydrazine groups is 2. The van der Waals surface area contributed by atoms with Crippen LogP contribution < -0.4 is 26.2 Å². The van der Waals surface area contributed by atoms with E-state index < -0.39 is 17.6 Å². The molecule has 40 heavy (non-hydrogen) atoms. The molecule has 0 radical (unpaired) electrons. The van der Waals surface area contributed by atoms with Crippen LogP contribution in [-0.2, 0) is 13.2 Å². The van der Waals surface area contributed by atoms with Crippen LogP contribution in [0.25, 0.3) is 5.70 Å². The molecule has 2 aliphatic rings. The van der Waals surface area contributed by atoms with E-state index in [0.29, 0.717) is 29.5 Å². The summed E-state index contributed by atoms with van der Waals surface area (Å²) in [5.41, 5.74) is 9.05. The molecular formula is C27H30ClF3N8O. The average molecular weight is 575 g/mol. The van der Waals surface area contributed by atoms with Gasteiger partial charge in [0.1, 0.15) is 0 Å². The van der Waals surface area contributed by atoms with Gasteiger partial charge in [0.15, 0.2) is 0 Å². The van der Waals surface area contributed by atoms with E-state index >= 15 is 0 Å². The fourth-order valence-electron chi connectivity index (χ4n) is 4.72. The first-order valence-electron chi connectivity index (χ1n) is 12.8. The zero-order chi connectivity index (χ0) is 28.6. The molecule has 1 aromatic heterocycles. The number of nitrogens with zero attached hydrogens (tertiary/aromatic N) is 5. The molecule has 5 rings (SSSR count). The van der Waals surface area contributed by atoms with Crippen molar-refractivity contribution in [3.8, 4) is 0 Å². The van der Waals surface area contributed by atoms with Crippen LogP contribution in [0.4, 0.5) is 30.2 Å². The molecule has 0 spiro atoms. The Kier molecular flexibility index (Phi) is 7.67. The number of likely N-dealkylation sites (N-methyl/N-ethyl adjacent to an activating group) is 1. The van der Waals surface area contributed by atoms with Crippen LogP contribution in [0.5, 0.6) is 0 Å². The van der Waals surface area contributed by atoms with Crippen LogP contribution in [0.3, 0.4) is 0 Å². The van der Waals surface area contributed by atoms with Crippen LogP contribution in [0.15, 0.2) is 48.8 Å². The highest BCUT2D eigenvalue weighted by atomic mass is 35.5. The van der Waals surface area contributed by atoms with Gasteiger partial charge in [-0.15, -0.1) is 5.53 Å². The lowest BCUT2D eigenvalue weighted by Crippen LogP contribution is -2.36. The molecule has 3 heterocycles. The first-order valence-corrected chi connectivity index (χ1v) is 13.2. The Bertz CT molecular complexity index is 1450. The number of hydrogen-bond acceptors (Lipinski definition) is 7. The van der Waals surface area contributed by atoms with Crippen molar-refractivity contribution in [2.75, 3.05) is 48.5 Å². The summed E-state index contributed by atoms with van der Waals surface area (Å²) in [6.45, 7) is 4.77.